The Bertz CT molecular complexity index is 516. The van der Waals surface area contributed by atoms with E-state index in [1.807, 2.05) is 0 Å². The van der Waals surface area contributed by atoms with Crippen LogP contribution in [0.5, 0.6) is 0 Å². The van der Waals surface area contributed by atoms with Crippen LogP contribution in [0.1, 0.15) is 251 Å². The Morgan fingerprint density at radius 1 is 0.349 bits per heavy atom. The molecule has 0 aliphatic carbocycles. The van der Waals surface area contributed by atoms with Crippen molar-refractivity contribution in [3.05, 3.63) is 0 Å². The summed E-state index contributed by atoms with van der Waals surface area (Å²) in [4.78, 5) is 12.2. The average Bonchev–Trinajstić information content (AvgIpc) is 3.01. The van der Waals surface area contributed by atoms with Crippen LogP contribution in [0.25, 0.3) is 0 Å². The van der Waals surface area contributed by atoms with Gasteiger partial charge in [0, 0.05) is 12.8 Å². The third kappa shape index (κ3) is 37.7. The first-order valence-electron chi connectivity index (χ1n) is 20.4. The highest BCUT2D eigenvalue weighted by Crippen LogP contribution is 2.17. The van der Waals surface area contributed by atoms with Crippen molar-refractivity contribution in [1.29, 1.82) is 0 Å². The van der Waals surface area contributed by atoms with E-state index in [1.165, 1.54) is 199 Å². The molecule has 0 aromatic heterocycles. The normalized spacial score (nSPS) is 12.3. The number of unbranched alkanes of at least 4 members (excludes halogenated alkanes) is 30. The quantitative estimate of drug-likeness (QED) is 0.0710. The molecule has 0 radical (unpaired) electrons. The predicted molar refractivity (Wildman–Crippen MR) is 193 cm³/mol. The van der Waals surface area contributed by atoms with Crippen LogP contribution in [0.2, 0.25) is 0 Å². The topological polar surface area (TPSA) is 37.3 Å². The Morgan fingerprint density at radius 3 is 0.884 bits per heavy atom. The molecule has 0 spiro atoms. The maximum absolute atomic E-state index is 12.2. The summed E-state index contributed by atoms with van der Waals surface area (Å²) in [6.07, 6.45) is 48.4. The highest BCUT2D eigenvalue weighted by Gasteiger charge is 2.04. The fourth-order valence-electron chi connectivity index (χ4n) is 6.58. The van der Waals surface area contributed by atoms with Crippen LogP contribution in [-0.2, 0) is 4.79 Å². The van der Waals surface area contributed by atoms with E-state index in [0.717, 1.165) is 38.5 Å². The SMILES string of the molecule is CCCCCCCCCCCCCCCCCCC(=O)CCCCCCCCCCCCCCCCCC(O)CCCC. The number of carbonyl (C=O) groups is 1. The van der Waals surface area contributed by atoms with Gasteiger partial charge in [-0.1, -0.05) is 213 Å². The van der Waals surface area contributed by atoms with Gasteiger partial charge in [0.1, 0.15) is 5.78 Å². The summed E-state index contributed by atoms with van der Waals surface area (Å²) in [5.74, 6) is 0.520. The van der Waals surface area contributed by atoms with Crippen molar-refractivity contribution in [2.24, 2.45) is 0 Å². The molecule has 43 heavy (non-hydrogen) atoms. The second kappa shape index (κ2) is 37.8. The number of rotatable bonds is 38. The molecule has 0 aliphatic rings. The van der Waals surface area contributed by atoms with E-state index >= 15 is 0 Å². The monoisotopic (exact) mass is 607 g/mol. The van der Waals surface area contributed by atoms with E-state index in [9.17, 15) is 9.90 Å². The second-order valence-electron chi connectivity index (χ2n) is 14.2. The van der Waals surface area contributed by atoms with Crippen LogP contribution >= 0.6 is 0 Å². The van der Waals surface area contributed by atoms with Gasteiger partial charge in [0.2, 0.25) is 0 Å². The number of hydrogen-bond donors (Lipinski definition) is 1. The fourth-order valence-corrected chi connectivity index (χ4v) is 6.58. The van der Waals surface area contributed by atoms with E-state index in [4.69, 9.17) is 0 Å². The Kier molecular flexibility index (Phi) is 37.5. The van der Waals surface area contributed by atoms with E-state index in [0.29, 0.717) is 5.78 Å². The van der Waals surface area contributed by atoms with Crippen molar-refractivity contribution >= 4 is 5.78 Å². The molecule has 0 amide bonds. The highest BCUT2D eigenvalue weighted by atomic mass is 16.3. The van der Waals surface area contributed by atoms with Crippen molar-refractivity contribution in [1.82, 2.24) is 0 Å². The smallest absolute Gasteiger partial charge is 0.132 e. The molecule has 0 aromatic rings. The van der Waals surface area contributed by atoms with Crippen LogP contribution in [-0.4, -0.2) is 17.0 Å². The summed E-state index contributed by atoms with van der Waals surface area (Å²) >= 11 is 0. The number of Topliss-reactive ketones (excluding diaryl/α,β-unsaturated/α-hetero) is 1. The molecule has 0 aromatic carbocycles. The van der Waals surface area contributed by atoms with Crippen molar-refractivity contribution in [3.63, 3.8) is 0 Å². The Balaban J connectivity index is 3.17. The van der Waals surface area contributed by atoms with E-state index in [-0.39, 0.29) is 6.10 Å². The maximum Gasteiger partial charge on any atom is 0.132 e. The zero-order valence-corrected chi connectivity index (χ0v) is 30.1. The van der Waals surface area contributed by atoms with Crippen molar-refractivity contribution in [2.45, 2.75) is 258 Å². The van der Waals surface area contributed by atoms with Crippen LogP contribution < -0.4 is 0 Å². The fraction of sp³-hybridized carbons (Fsp3) is 0.976. The number of aliphatic hydroxyl groups excluding tert-OH is 1. The van der Waals surface area contributed by atoms with Gasteiger partial charge in [0.05, 0.1) is 6.10 Å². The van der Waals surface area contributed by atoms with Gasteiger partial charge < -0.3 is 5.11 Å². The lowest BCUT2D eigenvalue weighted by Gasteiger charge is -2.09. The lowest BCUT2D eigenvalue weighted by molar-refractivity contribution is -0.119. The summed E-state index contributed by atoms with van der Waals surface area (Å²) < 4.78 is 0. The molecule has 1 unspecified atom stereocenters. The van der Waals surface area contributed by atoms with Crippen LogP contribution in [0.4, 0.5) is 0 Å². The van der Waals surface area contributed by atoms with Gasteiger partial charge in [0.25, 0.3) is 0 Å². The maximum atomic E-state index is 12.2. The first-order valence-corrected chi connectivity index (χ1v) is 20.4. The number of carbonyl (C=O) groups excluding carboxylic acids is 1. The first kappa shape index (κ1) is 42.6. The van der Waals surface area contributed by atoms with Crippen LogP contribution in [0.15, 0.2) is 0 Å². The molecule has 0 aliphatic heterocycles. The Hall–Kier alpha value is -0.370. The summed E-state index contributed by atoms with van der Waals surface area (Å²) in [7, 11) is 0. The summed E-state index contributed by atoms with van der Waals surface area (Å²) in [6.45, 7) is 4.49. The second-order valence-corrected chi connectivity index (χ2v) is 14.2. The molecule has 1 N–H and O–H groups in total. The predicted octanol–water partition coefficient (Wildman–Crippen LogP) is 14.4. The molecule has 0 fully saturated rings. The summed E-state index contributed by atoms with van der Waals surface area (Å²) in [5.41, 5.74) is 0. The third-order valence-corrected chi connectivity index (χ3v) is 9.69. The number of aliphatic hydroxyl groups is 1. The average molecular weight is 607 g/mol. The van der Waals surface area contributed by atoms with Crippen molar-refractivity contribution < 1.29 is 9.90 Å². The first-order chi connectivity index (χ1) is 21.2. The van der Waals surface area contributed by atoms with Gasteiger partial charge in [0.15, 0.2) is 0 Å². The lowest BCUT2D eigenvalue weighted by atomic mass is 10.0. The van der Waals surface area contributed by atoms with Gasteiger partial charge in [-0.25, -0.2) is 0 Å². The van der Waals surface area contributed by atoms with Gasteiger partial charge in [-0.3, -0.25) is 4.79 Å². The van der Waals surface area contributed by atoms with E-state index in [2.05, 4.69) is 13.8 Å². The molecule has 0 saturated heterocycles. The van der Waals surface area contributed by atoms with Crippen LogP contribution in [0, 0.1) is 0 Å². The molecular formula is C41H82O2. The molecule has 1 atom stereocenters. The summed E-state index contributed by atoms with van der Waals surface area (Å²) in [5, 5.41) is 9.90. The van der Waals surface area contributed by atoms with Crippen molar-refractivity contribution in [2.75, 3.05) is 0 Å². The summed E-state index contributed by atoms with van der Waals surface area (Å²) in [6, 6.07) is 0. The zero-order valence-electron chi connectivity index (χ0n) is 30.1. The molecular weight excluding hydrogens is 524 g/mol. The minimum absolute atomic E-state index is 0.0486. The Morgan fingerprint density at radius 2 is 0.581 bits per heavy atom. The zero-order chi connectivity index (χ0) is 31.3. The van der Waals surface area contributed by atoms with Crippen LogP contribution in [0.3, 0.4) is 0 Å². The molecule has 0 heterocycles. The molecule has 2 nitrogen and oxygen atoms in total. The highest BCUT2D eigenvalue weighted by molar-refractivity contribution is 5.78. The molecule has 0 rings (SSSR count). The van der Waals surface area contributed by atoms with Gasteiger partial charge in [-0.2, -0.15) is 0 Å². The van der Waals surface area contributed by atoms with Gasteiger partial charge >= 0.3 is 0 Å². The third-order valence-electron chi connectivity index (χ3n) is 9.69. The minimum Gasteiger partial charge on any atom is -0.393 e. The number of hydrogen-bond acceptors (Lipinski definition) is 2. The van der Waals surface area contributed by atoms with E-state index in [1.54, 1.807) is 0 Å². The molecule has 0 bridgehead atoms. The Labute approximate surface area is 272 Å². The molecule has 258 valence electrons. The van der Waals surface area contributed by atoms with Crippen molar-refractivity contribution in [3.8, 4) is 0 Å². The van der Waals surface area contributed by atoms with Gasteiger partial charge in [-0.05, 0) is 25.7 Å². The van der Waals surface area contributed by atoms with Gasteiger partial charge in [-0.15, -0.1) is 0 Å². The number of ketones is 1. The molecule has 2 heteroatoms. The standard InChI is InChI=1S/C41H82O2/c1-3-5-7-8-9-10-11-12-13-15-18-22-25-28-31-34-38-41(43)39-35-32-29-26-23-20-17-14-16-19-21-24-27-30-33-37-40(42)36-6-4-2/h40,42H,3-39H2,1-2H3. The largest absolute Gasteiger partial charge is 0.393 e. The lowest BCUT2D eigenvalue weighted by Crippen LogP contribution is -2.05. The minimum atomic E-state index is -0.0486. The molecule has 0 saturated carbocycles. The van der Waals surface area contributed by atoms with E-state index < -0.39 is 0 Å².